The molecule has 4 aromatic rings. The highest BCUT2D eigenvalue weighted by molar-refractivity contribution is 7.91. The Morgan fingerprint density at radius 3 is 1.37 bits per heavy atom. The van der Waals surface area contributed by atoms with Gasteiger partial charge in [-0.3, -0.25) is 9.59 Å². The zero-order chi connectivity index (χ0) is 59.0. The molecule has 4 aliphatic heterocycles. The average molecular weight is 1230 g/mol. The van der Waals surface area contributed by atoms with Crippen LogP contribution in [0.3, 0.4) is 0 Å². The molecule has 0 aromatic heterocycles. The van der Waals surface area contributed by atoms with Gasteiger partial charge in [0.05, 0.1) is 47.3 Å². The molecule has 10 atom stereocenters. The number of halogens is 2. The first-order valence-electron chi connectivity index (χ1n) is 30.6. The molecule has 2 amide bonds. The summed E-state index contributed by atoms with van der Waals surface area (Å²) in [5.74, 6) is 2.02. The van der Waals surface area contributed by atoms with Crippen LogP contribution in [0.25, 0.3) is 0 Å². The Labute approximate surface area is 507 Å². The molecule has 452 valence electrons. The van der Waals surface area contributed by atoms with Crippen molar-refractivity contribution in [2.24, 2.45) is 23.7 Å². The summed E-state index contributed by atoms with van der Waals surface area (Å²) in [5.41, 5.74) is 7.05. The first-order valence-corrected chi connectivity index (χ1v) is 34.4. The topological polar surface area (TPSA) is 170 Å². The second-order valence-corrected chi connectivity index (χ2v) is 29.9. The number of methoxy groups -OCH3 is 2. The number of sulfonamides is 2. The fourth-order valence-electron chi connectivity index (χ4n) is 14.7. The maximum atomic E-state index is 13.4. The lowest BCUT2D eigenvalue weighted by Gasteiger charge is -2.44. The number of aryl methyl sites for hydroxylation is 2. The number of hydrogen-bond donors (Lipinski definition) is 2. The van der Waals surface area contributed by atoms with Crippen molar-refractivity contribution < 1.29 is 45.4 Å². The van der Waals surface area contributed by atoms with E-state index < -0.39 is 42.4 Å². The van der Waals surface area contributed by atoms with E-state index in [4.69, 9.17) is 42.1 Å². The van der Waals surface area contributed by atoms with Gasteiger partial charge in [0.15, 0.2) is 0 Å². The summed E-state index contributed by atoms with van der Waals surface area (Å²) in [4.78, 5) is 31.6. The van der Waals surface area contributed by atoms with E-state index in [9.17, 15) is 26.4 Å². The summed E-state index contributed by atoms with van der Waals surface area (Å²) in [6.45, 7) is 7.92. The number of fused-ring (bicyclic) bond motifs is 8. The second-order valence-electron chi connectivity index (χ2n) is 25.1. The fourth-order valence-corrected chi connectivity index (χ4v) is 18.0. The SMILES string of the molecule is CC[C@@H]1CC[C@@H](OC)/C=C/[C@@H]2CC[C@H]2CN2C[C@@]3(CCCc4cc(Cl)ccc43)COc3ccc(cc32)C(=O)NS1(=O)=O.CC[C@@H]1CC[C@H](OC)/C=C/[C@@H]2CC[C@H]2CN2C[C@@]3(CCCc4cc(Cl)ccc43)COc3ccc(cc32)C(=O)NS1(=O)=O. The van der Waals surface area contributed by atoms with E-state index in [1.54, 1.807) is 26.4 Å². The lowest BCUT2D eigenvalue weighted by Crippen LogP contribution is -2.48. The molecule has 12 rings (SSSR count). The third-order valence-corrected chi connectivity index (χ3v) is 24.3. The molecule has 0 unspecified atom stereocenters. The van der Waals surface area contributed by atoms with Crippen LogP contribution in [0.2, 0.25) is 10.0 Å². The van der Waals surface area contributed by atoms with Gasteiger partial charge in [-0.05, 0) is 209 Å². The molecule has 84 heavy (non-hydrogen) atoms. The lowest BCUT2D eigenvalue weighted by molar-refractivity contribution is 0.0971. The van der Waals surface area contributed by atoms with Gasteiger partial charge in [-0.2, -0.15) is 0 Å². The van der Waals surface area contributed by atoms with E-state index in [1.807, 2.05) is 50.2 Å². The first-order chi connectivity index (χ1) is 40.4. The minimum Gasteiger partial charge on any atom is -0.490 e. The maximum Gasteiger partial charge on any atom is 0.264 e. The monoisotopic (exact) mass is 1220 g/mol. The predicted octanol–water partition coefficient (Wildman–Crippen LogP) is 12.1. The van der Waals surface area contributed by atoms with Crippen molar-refractivity contribution >= 4 is 66.4 Å². The van der Waals surface area contributed by atoms with Crippen LogP contribution in [-0.4, -0.2) is 105 Å². The standard InChI is InChI=1S/2C33H41ClN2O5S/c2*1-3-28-13-12-27(40-2)11-8-22-6-7-25(22)19-36-20-33(16-4-5-23-17-26(34)10-14-29(23)33)21-41-31-15-9-24(18-30(31)36)32(37)35-42(28,38)39/h2*8-11,14-15,17-18,22,25,27-28H,3-7,12-13,16,19-21H2,1-2H3,(H,35,37)/b2*11-8+/t22-,25-,27+,28+,33-;22-,25-,27-,28+,33-/m00/s1. The van der Waals surface area contributed by atoms with Gasteiger partial charge in [0.25, 0.3) is 11.8 Å². The molecule has 2 spiro atoms. The van der Waals surface area contributed by atoms with E-state index in [2.05, 4.69) is 67.8 Å². The Bertz CT molecular complexity index is 3170. The number of benzene rings is 4. The number of allylic oxidation sites excluding steroid dienone is 2. The summed E-state index contributed by atoms with van der Waals surface area (Å²) >= 11 is 12.8. The van der Waals surface area contributed by atoms with Crippen molar-refractivity contribution in [3.63, 3.8) is 0 Å². The molecule has 18 heteroatoms. The van der Waals surface area contributed by atoms with Gasteiger partial charge in [0, 0.05) is 72.4 Å². The minimum absolute atomic E-state index is 0.168. The highest BCUT2D eigenvalue weighted by atomic mass is 35.5. The van der Waals surface area contributed by atoms with Gasteiger partial charge >= 0.3 is 0 Å². The molecule has 0 saturated heterocycles. The normalized spacial score (nSPS) is 31.5. The number of ether oxygens (including phenoxy) is 4. The highest BCUT2D eigenvalue weighted by Crippen LogP contribution is 2.49. The molecule has 4 heterocycles. The third-order valence-electron chi connectivity index (χ3n) is 20.0. The summed E-state index contributed by atoms with van der Waals surface area (Å²) in [5, 5.41) is 0.139. The molecule has 2 N–H and O–H groups in total. The number of carbonyl (C=O) groups is 2. The number of amides is 2. The highest BCUT2D eigenvalue weighted by Gasteiger charge is 2.46. The zero-order valence-corrected chi connectivity index (χ0v) is 52.1. The van der Waals surface area contributed by atoms with Crippen LogP contribution in [0.4, 0.5) is 11.4 Å². The molecule has 14 nitrogen and oxygen atoms in total. The van der Waals surface area contributed by atoms with Crippen molar-refractivity contribution in [2.75, 3.05) is 63.4 Å². The second kappa shape index (κ2) is 25.3. The number of rotatable bonds is 4. The van der Waals surface area contributed by atoms with Gasteiger partial charge in [-0.25, -0.2) is 26.3 Å². The Morgan fingerprint density at radius 2 is 0.988 bits per heavy atom. The van der Waals surface area contributed by atoms with E-state index >= 15 is 0 Å². The lowest BCUT2D eigenvalue weighted by atomic mass is 9.69. The third kappa shape index (κ3) is 12.7. The van der Waals surface area contributed by atoms with Gasteiger partial charge in [0.2, 0.25) is 20.0 Å². The molecule has 2 saturated carbocycles. The van der Waals surface area contributed by atoms with E-state index in [-0.39, 0.29) is 23.0 Å². The zero-order valence-electron chi connectivity index (χ0n) is 49.0. The van der Waals surface area contributed by atoms with E-state index in [1.165, 1.54) is 22.3 Å². The maximum absolute atomic E-state index is 13.4. The van der Waals surface area contributed by atoms with E-state index in [0.717, 1.165) is 123 Å². The summed E-state index contributed by atoms with van der Waals surface area (Å²) < 4.78 is 82.5. The molecule has 4 bridgehead atoms. The van der Waals surface area contributed by atoms with Crippen molar-refractivity contribution in [2.45, 2.75) is 150 Å². The Kier molecular flexibility index (Phi) is 18.3. The minimum atomic E-state index is -3.87. The summed E-state index contributed by atoms with van der Waals surface area (Å²) in [6, 6.07) is 23.1. The Morgan fingerprint density at radius 1 is 0.560 bits per heavy atom. The van der Waals surface area contributed by atoms with Gasteiger partial charge in [-0.15, -0.1) is 0 Å². The smallest absolute Gasteiger partial charge is 0.264 e. The summed E-state index contributed by atoms with van der Waals surface area (Å²) in [6.07, 6.45) is 21.9. The predicted molar refractivity (Wildman–Crippen MR) is 332 cm³/mol. The van der Waals surface area contributed by atoms with Crippen molar-refractivity contribution in [1.29, 1.82) is 0 Å². The first kappa shape index (κ1) is 60.6. The van der Waals surface area contributed by atoms with Gasteiger partial charge in [0.1, 0.15) is 11.5 Å². The molecular weight excluding hydrogens is 1140 g/mol. The van der Waals surface area contributed by atoms with E-state index in [0.29, 0.717) is 86.5 Å². The van der Waals surface area contributed by atoms with Gasteiger partial charge in [-0.1, -0.05) is 73.5 Å². The van der Waals surface area contributed by atoms with Crippen LogP contribution in [0.15, 0.2) is 97.1 Å². The van der Waals surface area contributed by atoms with Crippen LogP contribution in [0.1, 0.15) is 147 Å². The largest absolute Gasteiger partial charge is 0.490 e. The van der Waals surface area contributed by atoms with Crippen molar-refractivity contribution in [1.82, 2.24) is 9.44 Å². The number of nitrogens with one attached hydrogen (secondary N) is 2. The molecule has 0 radical (unpaired) electrons. The summed E-state index contributed by atoms with van der Waals surface area (Å²) in [7, 11) is -4.41. The number of hydrogen-bond acceptors (Lipinski definition) is 12. The van der Waals surface area contributed by atoms with Gasteiger partial charge < -0.3 is 28.7 Å². The molecule has 8 aliphatic rings. The fraction of sp³-hybridized carbons (Fsp3) is 0.545. The van der Waals surface area contributed by atoms with Crippen LogP contribution >= 0.6 is 23.2 Å². The molecule has 2 fully saturated rings. The molecule has 4 aliphatic carbocycles. The van der Waals surface area contributed by atoms with Crippen molar-refractivity contribution in [3.8, 4) is 11.5 Å². The molecular formula is C66H82Cl2N4O10S2. The number of nitrogens with zero attached hydrogens (tertiary/aromatic N) is 2. The van der Waals surface area contributed by atoms with Crippen LogP contribution in [0.5, 0.6) is 11.5 Å². The van der Waals surface area contributed by atoms with Crippen LogP contribution < -0.4 is 28.7 Å². The Hall–Kier alpha value is -5.10. The Balaban J connectivity index is 0.000000175. The number of anilines is 2. The number of carbonyl (C=O) groups excluding carboxylic acids is 2. The molecule has 4 aromatic carbocycles. The van der Waals surface area contributed by atoms with Crippen LogP contribution in [-0.2, 0) is 53.2 Å². The van der Waals surface area contributed by atoms with Crippen molar-refractivity contribution in [3.05, 3.63) is 141 Å². The quantitative estimate of drug-likeness (QED) is 0.186. The average Bonchev–Trinajstić information content (AvgIpc) is 2.16. The van der Waals surface area contributed by atoms with Crippen LogP contribution in [0, 0.1) is 23.7 Å².